The first kappa shape index (κ1) is 23.3. The summed E-state index contributed by atoms with van der Waals surface area (Å²) in [5.74, 6) is -0.687. The number of amides is 2. The maximum Gasteiger partial charge on any atom is 0.263 e. The highest BCUT2D eigenvalue weighted by molar-refractivity contribution is 7.99. The van der Waals surface area contributed by atoms with Crippen LogP contribution in [0.5, 0.6) is 0 Å². The first-order chi connectivity index (χ1) is 16.5. The van der Waals surface area contributed by atoms with Crippen LogP contribution in [-0.2, 0) is 37.0 Å². The van der Waals surface area contributed by atoms with Crippen LogP contribution in [0.4, 0.5) is 5.00 Å². The third-order valence-electron chi connectivity index (χ3n) is 6.35. The molecule has 5 rings (SSSR count). The van der Waals surface area contributed by atoms with Crippen molar-refractivity contribution >= 4 is 61.5 Å². The summed E-state index contributed by atoms with van der Waals surface area (Å²) in [5.41, 5.74) is 8.17. The van der Waals surface area contributed by atoms with E-state index in [-0.39, 0.29) is 17.2 Å². The number of anilines is 1. The molecule has 3 N–H and O–H groups in total. The normalized spacial score (nSPS) is 15.1. The zero-order valence-electron chi connectivity index (χ0n) is 18.8. The monoisotopic (exact) mass is 514 g/mol. The second-order valence-electron chi connectivity index (χ2n) is 8.61. The van der Waals surface area contributed by atoms with Crippen LogP contribution < -0.4 is 16.6 Å². The molecule has 178 valence electrons. The van der Waals surface area contributed by atoms with Crippen LogP contribution in [-0.4, -0.2) is 27.1 Å². The molecule has 2 aliphatic carbocycles. The Bertz CT molecular complexity index is 1370. The number of nitrogens with zero attached hydrogens (tertiary/aromatic N) is 2. The van der Waals surface area contributed by atoms with E-state index in [1.54, 1.807) is 22.0 Å². The number of thiophene rings is 2. The summed E-state index contributed by atoms with van der Waals surface area (Å²) in [6.45, 7) is 4.12. The number of carbonyl (C=O) groups excluding carboxylic acids is 2. The lowest BCUT2D eigenvalue weighted by atomic mass is 9.95. The lowest BCUT2D eigenvalue weighted by Gasteiger charge is -2.12. The number of nitrogens with one attached hydrogen (secondary N) is 1. The van der Waals surface area contributed by atoms with Gasteiger partial charge in [0.05, 0.1) is 16.7 Å². The number of fused-ring (bicyclic) bond motifs is 4. The van der Waals surface area contributed by atoms with Crippen molar-refractivity contribution in [1.29, 1.82) is 0 Å². The van der Waals surface area contributed by atoms with Gasteiger partial charge in [0.1, 0.15) is 9.83 Å². The third-order valence-corrected chi connectivity index (χ3v) is 9.72. The van der Waals surface area contributed by atoms with Crippen molar-refractivity contribution in [2.24, 2.45) is 5.73 Å². The van der Waals surface area contributed by atoms with Crippen LogP contribution in [0, 0.1) is 0 Å². The summed E-state index contributed by atoms with van der Waals surface area (Å²) in [6.07, 6.45) is 9.65. The smallest absolute Gasteiger partial charge is 0.263 e. The third kappa shape index (κ3) is 4.23. The molecular weight excluding hydrogens is 488 g/mol. The van der Waals surface area contributed by atoms with E-state index in [9.17, 15) is 14.4 Å². The van der Waals surface area contributed by atoms with Crippen LogP contribution in [0.25, 0.3) is 10.2 Å². The van der Waals surface area contributed by atoms with Gasteiger partial charge in [-0.05, 0) is 62.5 Å². The minimum atomic E-state index is -0.504. The number of allylic oxidation sites excluding steroid dienone is 1. The molecule has 2 amide bonds. The van der Waals surface area contributed by atoms with E-state index in [2.05, 4.69) is 11.9 Å². The number of hydrogen-bond donors (Lipinski definition) is 2. The van der Waals surface area contributed by atoms with Crippen LogP contribution in [0.3, 0.4) is 0 Å². The summed E-state index contributed by atoms with van der Waals surface area (Å²) in [5, 5.41) is 4.65. The molecule has 3 heterocycles. The van der Waals surface area contributed by atoms with Gasteiger partial charge in [0.25, 0.3) is 11.5 Å². The average molecular weight is 515 g/mol. The van der Waals surface area contributed by atoms with Gasteiger partial charge in [-0.25, -0.2) is 4.98 Å². The van der Waals surface area contributed by atoms with Gasteiger partial charge in [-0.1, -0.05) is 17.8 Å². The van der Waals surface area contributed by atoms with E-state index < -0.39 is 5.91 Å². The Labute approximate surface area is 209 Å². The zero-order chi connectivity index (χ0) is 23.8. The minimum absolute atomic E-state index is 0.0610. The topological polar surface area (TPSA) is 107 Å². The highest BCUT2D eigenvalue weighted by atomic mass is 32.2. The maximum atomic E-state index is 13.4. The van der Waals surface area contributed by atoms with Crippen LogP contribution in [0.15, 0.2) is 22.6 Å². The van der Waals surface area contributed by atoms with Crippen LogP contribution >= 0.6 is 34.4 Å². The number of primary amides is 1. The number of aromatic nitrogens is 2. The van der Waals surface area contributed by atoms with Gasteiger partial charge < -0.3 is 11.1 Å². The lowest BCUT2D eigenvalue weighted by Crippen LogP contribution is -2.24. The average Bonchev–Trinajstić information content (AvgIpc) is 3.37. The quantitative estimate of drug-likeness (QED) is 0.278. The fraction of sp³-hybridized carbons (Fsp3) is 0.417. The summed E-state index contributed by atoms with van der Waals surface area (Å²) in [7, 11) is 0. The lowest BCUT2D eigenvalue weighted by molar-refractivity contribution is -0.113. The van der Waals surface area contributed by atoms with E-state index in [1.165, 1.54) is 28.0 Å². The predicted octanol–water partition coefficient (Wildman–Crippen LogP) is 4.29. The second kappa shape index (κ2) is 9.67. The summed E-state index contributed by atoms with van der Waals surface area (Å²) >= 11 is 4.27. The molecule has 0 fully saturated rings. The fourth-order valence-electron chi connectivity index (χ4n) is 4.83. The number of rotatable bonds is 7. The molecule has 34 heavy (non-hydrogen) atoms. The minimum Gasteiger partial charge on any atom is -0.365 e. The standard InChI is InChI=1S/C24H26N4O3S3/c1-2-11-28-23(31)19-14-8-4-6-10-16(14)34-22(19)27-24(28)32-12-17(29)26-21-18(20(25)30)13-7-3-5-9-15(13)33-21/h2H,1,3-12H2,(H2,25,30)(H,26,29). The Morgan fingerprint density at radius 2 is 1.76 bits per heavy atom. The molecule has 0 radical (unpaired) electrons. The number of hydrogen-bond acceptors (Lipinski definition) is 7. The molecule has 2 aliphatic rings. The van der Waals surface area contributed by atoms with Gasteiger partial charge in [-0.3, -0.25) is 19.0 Å². The van der Waals surface area contributed by atoms with Gasteiger partial charge in [0.2, 0.25) is 5.91 Å². The molecule has 0 aliphatic heterocycles. The van der Waals surface area contributed by atoms with Gasteiger partial charge in [0, 0.05) is 16.3 Å². The molecule has 0 spiro atoms. The summed E-state index contributed by atoms with van der Waals surface area (Å²) in [6, 6.07) is 0. The predicted molar refractivity (Wildman–Crippen MR) is 140 cm³/mol. The Kier molecular flexibility index (Phi) is 6.63. The molecule has 7 nitrogen and oxygen atoms in total. The highest BCUT2D eigenvalue weighted by Crippen LogP contribution is 2.38. The molecule has 0 bridgehead atoms. The van der Waals surface area contributed by atoms with Crippen molar-refractivity contribution < 1.29 is 9.59 Å². The molecule has 3 aromatic rings. The van der Waals surface area contributed by atoms with E-state index in [0.29, 0.717) is 22.3 Å². The molecule has 0 atom stereocenters. The number of carbonyl (C=O) groups is 2. The van der Waals surface area contributed by atoms with E-state index in [1.807, 2.05) is 0 Å². The molecule has 0 aromatic carbocycles. The molecule has 10 heteroatoms. The van der Waals surface area contributed by atoms with Crippen molar-refractivity contribution in [2.75, 3.05) is 11.1 Å². The van der Waals surface area contributed by atoms with E-state index in [4.69, 9.17) is 10.7 Å². The second-order valence-corrected chi connectivity index (χ2v) is 11.7. The Balaban J connectivity index is 1.40. The Morgan fingerprint density at radius 3 is 2.47 bits per heavy atom. The summed E-state index contributed by atoms with van der Waals surface area (Å²) in [4.78, 5) is 46.2. The zero-order valence-corrected chi connectivity index (χ0v) is 21.2. The Morgan fingerprint density at radius 1 is 1.09 bits per heavy atom. The van der Waals surface area contributed by atoms with E-state index in [0.717, 1.165) is 77.6 Å². The molecule has 3 aromatic heterocycles. The largest absolute Gasteiger partial charge is 0.365 e. The van der Waals surface area contributed by atoms with Gasteiger partial charge in [-0.15, -0.1) is 29.3 Å². The van der Waals surface area contributed by atoms with Crippen LogP contribution in [0.1, 0.15) is 56.9 Å². The first-order valence-electron chi connectivity index (χ1n) is 11.5. The number of thioether (sulfide) groups is 1. The summed E-state index contributed by atoms with van der Waals surface area (Å²) < 4.78 is 1.60. The van der Waals surface area contributed by atoms with Crippen molar-refractivity contribution in [1.82, 2.24) is 9.55 Å². The number of nitrogens with two attached hydrogens (primary N) is 1. The highest BCUT2D eigenvalue weighted by Gasteiger charge is 2.26. The van der Waals surface area contributed by atoms with Gasteiger partial charge in [-0.2, -0.15) is 0 Å². The van der Waals surface area contributed by atoms with Crippen molar-refractivity contribution in [2.45, 2.75) is 63.1 Å². The first-order valence-corrected chi connectivity index (χ1v) is 14.1. The molecule has 0 saturated carbocycles. The molecule has 0 saturated heterocycles. The molecule has 0 unspecified atom stereocenters. The van der Waals surface area contributed by atoms with E-state index >= 15 is 0 Å². The fourth-order valence-corrected chi connectivity index (χ4v) is 8.25. The molecular formula is C24H26N4O3S3. The van der Waals surface area contributed by atoms with Crippen molar-refractivity contribution in [3.63, 3.8) is 0 Å². The van der Waals surface area contributed by atoms with Gasteiger partial charge >= 0.3 is 0 Å². The van der Waals surface area contributed by atoms with Crippen LogP contribution in [0.2, 0.25) is 0 Å². The SMILES string of the molecule is C=CCn1c(SCC(=O)Nc2sc3c(c2C(N)=O)CCCC3)nc2sc3c(c2c1=O)CCCC3. The number of aryl methyl sites for hydroxylation is 3. The van der Waals surface area contributed by atoms with Crippen molar-refractivity contribution in [3.8, 4) is 0 Å². The Hall–Kier alpha value is -2.43. The van der Waals surface area contributed by atoms with Gasteiger partial charge in [0.15, 0.2) is 5.16 Å². The maximum absolute atomic E-state index is 13.4. The van der Waals surface area contributed by atoms with Crippen molar-refractivity contribution in [3.05, 3.63) is 49.5 Å².